The lowest BCUT2D eigenvalue weighted by Gasteiger charge is -2.38. The van der Waals surface area contributed by atoms with E-state index < -0.39 is 0 Å². The number of nitrogens with two attached hydrogens (primary N) is 1. The summed E-state index contributed by atoms with van der Waals surface area (Å²) in [7, 11) is 0. The summed E-state index contributed by atoms with van der Waals surface area (Å²) in [4.78, 5) is 14.8. The lowest BCUT2D eigenvalue weighted by atomic mass is 10.0. The van der Waals surface area contributed by atoms with E-state index in [4.69, 9.17) is 22.1 Å². The van der Waals surface area contributed by atoms with Gasteiger partial charge in [0, 0.05) is 31.2 Å². The van der Waals surface area contributed by atoms with Crippen molar-refractivity contribution >= 4 is 17.5 Å². The quantitative estimate of drug-likeness (QED) is 0.880. The van der Waals surface area contributed by atoms with E-state index in [1.165, 1.54) is 0 Å². The summed E-state index contributed by atoms with van der Waals surface area (Å²) in [6, 6.07) is 7.66. The topological polar surface area (TPSA) is 67.6 Å². The van der Waals surface area contributed by atoms with E-state index in [9.17, 15) is 4.79 Å². The fourth-order valence-corrected chi connectivity index (χ4v) is 3.50. The predicted octanol–water partition coefficient (Wildman–Crippen LogP) is 1.32. The molecule has 1 aromatic rings. The fraction of sp³-hybridized carbons (Fsp3) is 0.562. The number of hydrogen-bond acceptors (Lipinski definition) is 4. The number of nitrogens with one attached hydrogen (secondary N) is 1. The van der Waals surface area contributed by atoms with Crippen LogP contribution in [0.3, 0.4) is 0 Å². The van der Waals surface area contributed by atoms with Crippen molar-refractivity contribution in [1.29, 1.82) is 0 Å². The van der Waals surface area contributed by atoms with Gasteiger partial charge in [-0.2, -0.15) is 0 Å². The SMILES string of the molecule is NC[C@H]1CC[C@@H](C(=O)N2CCNCC2c2ccccc2Cl)O1. The lowest BCUT2D eigenvalue weighted by Crippen LogP contribution is -2.51. The molecule has 1 aromatic carbocycles. The van der Waals surface area contributed by atoms with Gasteiger partial charge in [0.15, 0.2) is 0 Å². The number of amides is 1. The Morgan fingerprint density at radius 1 is 1.41 bits per heavy atom. The minimum absolute atomic E-state index is 0.00984. The third kappa shape index (κ3) is 3.13. The first-order valence-corrected chi connectivity index (χ1v) is 8.19. The summed E-state index contributed by atoms with van der Waals surface area (Å²) >= 11 is 6.32. The summed E-state index contributed by atoms with van der Waals surface area (Å²) in [6.45, 7) is 2.64. The molecular weight excluding hydrogens is 302 g/mol. The van der Waals surface area contributed by atoms with Crippen molar-refractivity contribution in [3.8, 4) is 0 Å². The Morgan fingerprint density at radius 3 is 2.95 bits per heavy atom. The highest BCUT2D eigenvalue weighted by atomic mass is 35.5. The summed E-state index contributed by atoms with van der Waals surface area (Å²) in [5.41, 5.74) is 6.62. The standard InChI is InChI=1S/C16H22ClN3O2/c17-13-4-2-1-3-12(13)14-10-19-7-8-20(14)16(21)15-6-5-11(9-18)22-15/h1-4,11,14-15,19H,5-10,18H2/t11-,14?,15+/m1/s1. The number of hydrogen-bond donors (Lipinski definition) is 2. The Kier molecular flexibility index (Phi) is 4.98. The van der Waals surface area contributed by atoms with Crippen LogP contribution in [0.1, 0.15) is 24.4 Å². The van der Waals surface area contributed by atoms with Crippen LogP contribution >= 0.6 is 11.6 Å². The van der Waals surface area contributed by atoms with Crippen molar-refractivity contribution < 1.29 is 9.53 Å². The van der Waals surface area contributed by atoms with Gasteiger partial charge in [-0.3, -0.25) is 4.79 Å². The van der Waals surface area contributed by atoms with Crippen molar-refractivity contribution in [2.75, 3.05) is 26.2 Å². The van der Waals surface area contributed by atoms with Crippen LogP contribution in [0.15, 0.2) is 24.3 Å². The maximum Gasteiger partial charge on any atom is 0.252 e. The van der Waals surface area contributed by atoms with Gasteiger partial charge in [-0.05, 0) is 24.5 Å². The first-order chi connectivity index (χ1) is 10.7. The van der Waals surface area contributed by atoms with Gasteiger partial charge in [0.2, 0.25) is 0 Å². The van der Waals surface area contributed by atoms with E-state index in [0.29, 0.717) is 24.7 Å². The minimum atomic E-state index is -0.364. The van der Waals surface area contributed by atoms with Gasteiger partial charge < -0.3 is 20.7 Å². The van der Waals surface area contributed by atoms with E-state index in [1.54, 1.807) is 0 Å². The maximum atomic E-state index is 12.8. The highest BCUT2D eigenvalue weighted by Crippen LogP contribution is 2.31. The van der Waals surface area contributed by atoms with Gasteiger partial charge in [-0.1, -0.05) is 29.8 Å². The molecular formula is C16H22ClN3O2. The molecule has 0 radical (unpaired) electrons. The van der Waals surface area contributed by atoms with Crippen LogP contribution in [0, 0.1) is 0 Å². The summed E-state index contributed by atoms with van der Waals surface area (Å²) in [5.74, 6) is 0.0577. The van der Waals surface area contributed by atoms with Gasteiger partial charge in [0.25, 0.3) is 5.91 Å². The second-order valence-electron chi connectivity index (χ2n) is 5.83. The molecule has 2 saturated heterocycles. The van der Waals surface area contributed by atoms with Crippen LogP contribution in [0.5, 0.6) is 0 Å². The smallest absolute Gasteiger partial charge is 0.252 e. The Hall–Kier alpha value is -1.14. The molecule has 0 spiro atoms. The zero-order valence-corrected chi connectivity index (χ0v) is 13.3. The normalized spacial score (nSPS) is 28.8. The van der Waals surface area contributed by atoms with Gasteiger partial charge in [-0.15, -0.1) is 0 Å². The van der Waals surface area contributed by atoms with E-state index in [0.717, 1.165) is 24.9 Å². The van der Waals surface area contributed by atoms with Crippen molar-refractivity contribution in [2.45, 2.75) is 31.1 Å². The molecule has 1 unspecified atom stereocenters. The van der Waals surface area contributed by atoms with Gasteiger partial charge in [0.1, 0.15) is 6.10 Å². The van der Waals surface area contributed by atoms with E-state index in [1.807, 2.05) is 29.2 Å². The van der Waals surface area contributed by atoms with Crippen LogP contribution in [0.4, 0.5) is 0 Å². The third-order valence-electron chi connectivity index (χ3n) is 4.44. The summed E-state index contributed by atoms with van der Waals surface area (Å²) in [6.07, 6.45) is 1.25. The Labute approximate surface area is 135 Å². The zero-order valence-electron chi connectivity index (χ0n) is 12.5. The number of carbonyl (C=O) groups is 1. The lowest BCUT2D eigenvalue weighted by molar-refractivity contribution is -0.146. The molecule has 0 aromatic heterocycles. The largest absolute Gasteiger partial charge is 0.364 e. The first-order valence-electron chi connectivity index (χ1n) is 7.82. The van der Waals surface area contributed by atoms with Crippen LogP contribution in [0.25, 0.3) is 0 Å². The molecule has 2 fully saturated rings. The molecule has 0 saturated carbocycles. The average Bonchev–Trinajstić information content (AvgIpc) is 3.04. The molecule has 2 heterocycles. The molecule has 2 aliphatic rings. The molecule has 22 heavy (non-hydrogen) atoms. The number of rotatable bonds is 3. The molecule has 0 bridgehead atoms. The van der Waals surface area contributed by atoms with E-state index >= 15 is 0 Å². The summed E-state index contributed by atoms with van der Waals surface area (Å²) < 4.78 is 5.77. The van der Waals surface area contributed by atoms with Gasteiger partial charge >= 0.3 is 0 Å². The molecule has 120 valence electrons. The van der Waals surface area contributed by atoms with Crippen molar-refractivity contribution in [3.05, 3.63) is 34.9 Å². The maximum absolute atomic E-state index is 12.8. The van der Waals surface area contributed by atoms with Gasteiger partial charge in [-0.25, -0.2) is 0 Å². The van der Waals surface area contributed by atoms with Crippen LogP contribution < -0.4 is 11.1 Å². The number of carbonyl (C=O) groups excluding carboxylic acids is 1. The minimum Gasteiger partial charge on any atom is -0.364 e. The van der Waals surface area contributed by atoms with Crippen LogP contribution in [-0.4, -0.2) is 49.2 Å². The highest BCUT2D eigenvalue weighted by molar-refractivity contribution is 6.31. The molecule has 3 rings (SSSR count). The molecule has 5 nitrogen and oxygen atoms in total. The zero-order chi connectivity index (χ0) is 15.5. The van der Waals surface area contributed by atoms with Crippen molar-refractivity contribution in [3.63, 3.8) is 0 Å². The number of ether oxygens (including phenoxy) is 1. The molecule has 0 aliphatic carbocycles. The van der Waals surface area contributed by atoms with Crippen LogP contribution in [0.2, 0.25) is 5.02 Å². The Balaban J connectivity index is 1.78. The van der Waals surface area contributed by atoms with Crippen molar-refractivity contribution in [2.24, 2.45) is 5.73 Å². The number of halogens is 1. The fourth-order valence-electron chi connectivity index (χ4n) is 3.24. The molecule has 2 aliphatic heterocycles. The van der Waals surface area contributed by atoms with Crippen molar-refractivity contribution in [1.82, 2.24) is 10.2 Å². The highest BCUT2D eigenvalue weighted by Gasteiger charge is 2.37. The second kappa shape index (κ2) is 6.96. The average molecular weight is 324 g/mol. The summed E-state index contributed by atoms with van der Waals surface area (Å²) in [5, 5.41) is 4.04. The third-order valence-corrected chi connectivity index (χ3v) is 4.78. The van der Waals surface area contributed by atoms with Gasteiger partial charge in [0.05, 0.1) is 12.1 Å². The molecule has 3 atom stereocenters. The molecule has 6 heteroatoms. The predicted molar refractivity (Wildman–Crippen MR) is 85.7 cm³/mol. The van der Waals surface area contributed by atoms with E-state index in [2.05, 4.69) is 5.32 Å². The Morgan fingerprint density at radius 2 is 2.23 bits per heavy atom. The molecule has 3 N–H and O–H groups in total. The number of benzene rings is 1. The van der Waals surface area contributed by atoms with E-state index in [-0.39, 0.29) is 24.2 Å². The molecule has 1 amide bonds. The number of piperazine rings is 1. The Bertz CT molecular complexity index is 540. The monoisotopic (exact) mass is 323 g/mol. The first kappa shape index (κ1) is 15.7. The number of nitrogens with zero attached hydrogens (tertiary/aromatic N) is 1. The van der Waals surface area contributed by atoms with Crippen LogP contribution in [-0.2, 0) is 9.53 Å². The second-order valence-corrected chi connectivity index (χ2v) is 6.24.